The number of carbonyl (C=O) groups excluding carboxylic acids is 2. The molecule has 0 bridgehead atoms. The molecule has 1 aliphatic rings. The van der Waals surface area contributed by atoms with Crippen LogP contribution in [0.15, 0.2) is 60.8 Å². The topological polar surface area (TPSA) is 126 Å². The number of hydrogen-bond donors (Lipinski definition) is 2. The SMILES string of the molecule is O=C(Cc1ccccn1)Nc1ccc(N2CCC(c3nnc(NC(=O)Cc4ccc(Cl)cc4)s3)CC2)nn1. The Bertz CT molecular complexity index is 1370. The van der Waals surface area contributed by atoms with E-state index in [-0.39, 0.29) is 30.6 Å². The smallest absolute Gasteiger partial charge is 0.231 e. The van der Waals surface area contributed by atoms with Gasteiger partial charge in [-0.2, -0.15) is 0 Å². The van der Waals surface area contributed by atoms with Gasteiger partial charge in [0.1, 0.15) is 5.01 Å². The molecule has 10 nitrogen and oxygen atoms in total. The first kappa shape index (κ1) is 25.7. The van der Waals surface area contributed by atoms with Crippen LogP contribution in [0.2, 0.25) is 5.02 Å². The molecule has 2 N–H and O–H groups in total. The van der Waals surface area contributed by atoms with Crippen molar-refractivity contribution in [1.82, 2.24) is 25.4 Å². The van der Waals surface area contributed by atoms with Gasteiger partial charge in [0.05, 0.1) is 12.8 Å². The van der Waals surface area contributed by atoms with Crippen LogP contribution in [0.5, 0.6) is 0 Å². The number of carbonyl (C=O) groups is 2. The maximum atomic E-state index is 12.4. The van der Waals surface area contributed by atoms with Gasteiger partial charge in [0.25, 0.3) is 0 Å². The third kappa shape index (κ3) is 6.87. The highest BCUT2D eigenvalue weighted by Gasteiger charge is 2.25. The molecule has 1 aromatic carbocycles. The maximum Gasteiger partial charge on any atom is 0.231 e. The molecule has 4 heterocycles. The zero-order chi connectivity index (χ0) is 26.3. The van der Waals surface area contributed by atoms with Gasteiger partial charge in [-0.3, -0.25) is 14.6 Å². The molecule has 5 rings (SSSR count). The number of nitrogens with zero attached hydrogens (tertiary/aromatic N) is 6. The molecular weight excluding hydrogens is 524 g/mol. The van der Waals surface area contributed by atoms with E-state index in [1.807, 2.05) is 30.3 Å². The number of pyridine rings is 1. The Labute approximate surface area is 228 Å². The van der Waals surface area contributed by atoms with Crippen LogP contribution in [-0.2, 0) is 22.4 Å². The van der Waals surface area contributed by atoms with Crippen LogP contribution < -0.4 is 15.5 Å². The number of rotatable bonds is 8. The fourth-order valence-corrected chi connectivity index (χ4v) is 5.23. The number of anilines is 3. The monoisotopic (exact) mass is 548 g/mol. The summed E-state index contributed by atoms with van der Waals surface area (Å²) in [7, 11) is 0. The van der Waals surface area contributed by atoms with Gasteiger partial charge in [0, 0.05) is 35.9 Å². The summed E-state index contributed by atoms with van der Waals surface area (Å²) in [5, 5.41) is 24.6. The third-order valence-corrected chi connectivity index (χ3v) is 7.37. The lowest BCUT2D eigenvalue weighted by Crippen LogP contribution is -2.33. The molecule has 0 aliphatic carbocycles. The van der Waals surface area contributed by atoms with Gasteiger partial charge >= 0.3 is 0 Å². The minimum atomic E-state index is -0.191. The van der Waals surface area contributed by atoms with Crippen molar-refractivity contribution in [2.24, 2.45) is 0 Å². The summed E-state index contributed by atoms with van der Waals surface area (Å²) in [6.45, 7) is 1.59. The van der Waals surface area contributed by atoms with E-state index in [9.17, 15) is 9.59 Å². The molecule has 38 heavy (non-hydrogen) atoms. The minimum Gasteiger partial charge on any atom is -0.355 e. The van der Waals surface area contributed by atoms with Crippen LogP contribution in [0, 0.1) is 0 Å². The molecule has 4 aromatic rings. The lowest BCUT2D eigenvalue weighted by Gasteiger charge is -2.31. The average molecular weight is 549 g/mol. The fourth-order valence-electron chi connectivity index (χ4n) is 4.17. The normalized spacial score (nSPS) is 13.8. The van der Waals surface area contributed by atoms with Crippen LogP contribution in [0.3, 0.4) is 0 Å². The highest BCUT2D eigenvalue weighted by Crippen LogP contribution is 2.33. The van der Waals surface area contributed by atoms with Crippen molar-refractivity contribution in [2.45, 2.75) is 31.6 Å². The summed E-state index contributed by atoms with van der Waals surface area (Å²) in [5.74, 6) is 1.11. The first-order valence-corrected chi connectivity index (χ1v) is 13.4. The molecule has 0 spiro atoms. The lowest BCUT2D eigenvalue weighted by atomic mass is 9.98. The molecule has 1 saturated heterocycles. The Hall–Kier alpha value is -3.96. The number of nitrogens with one attached hydrogen (secondary N) is 2. The minimum absolute atomic E-state index is 0.139. The first-order chi connectivity index (χ1) is 18.5. The molecule has 1 fully saturated rings. The van der Waals surface area contributed by atoms with Gasteiger partial charge in [-0.05, 0) is 54.8 Å². The van der Waals surface area contributed by atoms with Gasteiger partial charge < -0.3 is 15.5 Å². The molecule has 0 atom stereocenters. The van der Waals surface area contributed by atoms with E-state index < -0.39 is 0 Å². The number of halogens is 1. The summed E-state index contributed by atoms with van der Waals surface area (Å²) in [6.07, 6.45) is 3.86. The van der Waals surface area contributed by atoms with E-state index in [2.05, 4.69) is 40.9 Å². The molecule has 12 heteroatoms. The van der Waals surface area contributed by atoms with Crippen molar-refractivity contribution < 1.29 is 9.59 Å². The van der Waals surface area contributed by atoms with E-state index in [0.29, 0.717) is 21.7 Å². The number of benzene rings is 1. The van der Waals surface area contributed by atoms with Crippen LogP contribution in [0.25, 0.3) is 0 Å². The van der Waals surface area contributed by atoms with Crippen molar-refractivity contribution in [3.05, 3.63) is 82.1 Å². The van der Waals surface area contributed by atoms with Gasteiger partial charge in [-0.25, -0.2) is 0 Å². The highest BCUT2D eigenvalue weighted by molar-refractivity contribution is 7.15. The van der Waals surface area contributed by atoms with Crippen LogP contribution in [-0.4, -0.2) is 50.3 Å². The second-order valence-electron chi connectivity index (χ2n) is 8.88. The van der Waals surface area contributed by atoms with Crippen LogP contribution >= 0.6 is 22.9 Å². The summed E-state index contributed by atoms with van der Waals surface area (Å²) >= 11 is 7.32. The van der Waals surface area contributed by atoms with Crippen molar-refractivity contribution in [2.75, 3.05) is 28.6 Å². The lowest BCUT2D eigenvalue weighted by molar-refractivity contribution is -0.116. The Morgan fingerprint density at radius 1 is 0.895 bits per heavy atom. The fraction of sp³-hybridized carbons (Fsp3) is 0.269. The van der Waals surface area contributed by atoms with E-state index in [0.717, 1.165) is 42.3 Å². The zero-order valence-corrected chi connectivity index (χ0v) is 22.0. The van der Waals surface area contributed by atoms with Crippen molar-refractivity contribution >= 4 is 51.5 Å². The van der Waals surface area contributed by atoms with Crippen molar-refractivity contribution in [1.29, 1.82) is 0 Å². The largest absolute Gasteiger partial charge is 0.355 e. The van der Waals surface area contributed by atoms with Gasteiger partial charge in [-0.1, -0.05) is 41.1 Å². The second-order valence-corrected chi connectivity index (χ2v) is 10.3. The van der Waals surface area contributed by atoms with E-state index >= 15 is 0 Å². The van der Waals surface area contributed by atoms with Crippen molar-refractivity contribution in [3.63, 3.8) is 0 Å². The highest BCUT2D eigenvalue weighted by atomic mass is 35.5. The summed E-state index contributed by atoms with van der Waals surface area (Å²) in [5.41, 5.74) is 1.58. The third-order valence-electron chi connectivity index (χ3n) is 6.12. The Morgan fingerprint density at radius 3 is 2.39 bits per heavy atom. The second kappa shape index (κ2) is 12.1. The van der Waals surface area contributed by atoms with E-state index in [4.69, 9.17) is 11.6 Å². The van der Waals surface area contributed by atoms with E-state index in [1.165, 1.54) is 11.3 Å². The van der Waals surface area contributed by atoms with E-state index in [1.54, 1.807) is 30.5 Å². The number of piperidine rings is 1. The molecule has 1 aliphatic heterocycles. The Balaban J connectivity index is 1.09. The summed E-state index contributed by atoms with van der Waals surface area (Å²) in [4.78, 5) is 30.9. The zero-order valence-electron chi connectivity index (χ0n) is 20.4. The predicted octanol–water partition coefficient (Wildman–Crippen LogP) is 4.12. The number of amides is 2. The summed E-state index contributed by atoms with van der Waals surface area (Å²) < 4.78 is 0. The maximum absolute atomic E-state index is 12.4. The average Bonchev–Trinajstić information content (AvgIpc) is 3.39. The first-order valence-electron chi connectivity index (χ1n) is 12.2. The molecule has 0 radical (unpaired) electrons. The van der Waals surface area contributed by atoms with Crippen LogP contribution in [0.4, 0.5) is 16.8 Å². The predicted molar refractivity (Wildman–Crippen MR) is 146 cm³/mol. The quantitative estimate of drug-likeness (QED) is 0.337. The summed E-state index contributed by atoms with van der Waals surface area (Å²) in [6, 6.07) is 16.3. The molecule has 0 saturated carbocycles. The molecule has 0 unspecified atom stereocenters. The van der Waals surface area contributed by atoms with Gasteiger partial charge in [0.2, 0.25) is 16.9 Å². The van der Waals surface area contributed by atoms with Gasteiger partial charge in [-0.15, -0.1) is 20.4 Å². The van der Waals surface area contributed by atoms with Crippen LogP contribution in [0.1, 0.15) is 35.0 Å². The Morgan fingerprint density at radius 2 is 1.68 bits per heavy atom. The number of hydrogen-bond acceptors (Lipinski definition) is 9. The number of aromatic nitrogens is 5. The molecule has 2 amide bonds. The van der Waals surface area contributed by atoms with Gasteiger partial charge in [0.15, 0.2) is 11.6 Å². The molecule has 194 valence electrons. The Kier molecular flexibility index (Phi) is 8.15. The molecule has 3 aromatic heterocycles. The van der Waals surface area contributed by atoms with Crippen molar-refractivity contribution in [3.8, 4) is 0 Å². The standard InChI is InChI=1S/C26H25ClN8O2S/c27-19-6-4-17(5-7-19)15-23(36)30-26-34-33-25(38-26)18-10-13-35(14-11-18)22-9-8-21(31-32-22)29-24(37)16-20-3-1-2-12-28-20/h1-9,12,18H,10-11,13-16H2,(H,29,31,37)(H,30,34,36). The molecular formula is C26H25ClN8O2S.